The largest absolute Gasteiger partial charge is 0.326 e. The summed E-state index contributed by atoms with van der Waals surface area (Å²) >= 11 is 6.45. The minimum Gasteiger partial charge on any atom is -0.326 e. The van der Waals surface area contributed by atoms with Crippen LogP contribution in [0, 0.1) is 6.92 Å². The Hall–Kier alpha value is -0.580. The zero-order valence-electron chi connectivity index (χ0n) is 13.8. The fourth-order valence-electron chi connectivity index (χ4n) is 3.78. The number of aromatic nitrogens is 2. The Morgan fingerprint density at radius 1 is 1.33 bits per heavy atom. The Labute approximate surface area is 133 Å². The summed E-state index contributed by atoms with van der Waals surface area (Å²) in [5.74, 6) is 0. The van der Waals surface area contributed by atoms with E-state index in [0.717, 1.165) is 29.4 Å². The van der Waals surface area contributed by atoms with Gasteiger partial charge in [-0.25, -0.2) is 0 Å². The van der Waals surface area contributed by atoms with Crippen molar-refractivity contribution in [2.75, 3.05) is 14.1 Å². The molecule has 0 aliphatic heterocycles. The van der Waals surface area contributed by atoms with Crippen molar-refractivity contribution in [3.8, 4) is 0 Å². The molecule has 2 N–H and O–H groups in total. The van der Waals surface area contributed by atoms with Crippen molar-refractivity contribution in [3.05, 3.63) is 16.4 Å². The van der Waals surface area contributed by atoms with Gasteiger partial charge in [-0.3, -0.25) is 4.68 Å². The summed E-state index contributed by atoms with van der Waals surface area (Å²) in [4.78, 5) is 2.34. The maximum atomic E-state index is 6.68. The number of aryl methyl sites for hydroxylation is 2. The van der Waals surface area contributed by atoms with Gasteiger partial charge in [0.15, 0.2) is 0 Å². The van der Waals surface area contributed by atoms with Crippen molar-refractivity contribution in [2.45, 2.75) is 70.5 Å². The summed E-state index contributed by atoms with van der Waals surface area (Å²) in [5.41, 5.74) is 8.77. The van der Waals surface area contributed by atoms with Crippen LogP contribution in [0.5, 0.6) is 0 Å². The number of nitrogens with zero attached hydrogens (tertiary/aromatic N) is 3. The third kappa shape index (κ3) is 3.13. The standard InChI is InChI=1S/C16H29ClN4/c1-5-21-13(15(17)12(2)19-21)11-14(18)16(20(3)4)9-7-6-8-10-16/h14H,5-11,18H2,1-4H3. The van der Waals surface area contributed by atoms with Crippen LogP contribution in [0.2, 0.25) is 5.02 Å². The van der Waals surface area contributed by atoms with Crippen LogP contribution in [0.1, 0.15) is 50.4 Å². The zero-order chi connectivity index (χ0) is 15.6. The van der Waals surface area contributed by atoms with E-state index in [1.165, 1.54) is 32.1 Å². The van der Waals surface area contributed by atoms with Gasteiger partial charge < -0.3 is 10.6 Å². The average molecular weight is 313 g/mol. The van der Waals surface area contributed by atoms with Crippen molar-refractivity contribution in [1.82, 2.24) is 14.7 Å². The highest BCUT2D eigenvalue weighted by Gasteiger charge is 2.40. The van der Waals surface area contributed by atoms with Gasteiger partial charge in [0.1, 0.15) is 0 Å². The van der Waals surface area contributed by atoms with Crippen molar-refractivity contribution in [1.29, 1.82) is 0 Å². The highest BCUT2D eigenvalue weighted by atomic mass is 35.5. The summed E-state index contributed by atoms with van der Waals surface area (Å²) < 4.78 is 2.00. The lowest BCUT2D eigenvalue weighted by Gasteiger charge is -2.47. The second-order valence-corrected chi connectivity index (χ2v) is 6.91. The molecule has 0 bridgehead atoms. The van der Waals surface area contributed by atoms with Gasteiger partial charge in [-0.1, -0.05) is 30.9 Å². The monoisotopic (exact) mass is 312 g/mol. The van der Waals surface area contributed by atoms with Crippen molar-refractivity contribution < 1.29 is 0 Å². The van der Waals surface area contributed by atoms with E-state index >= 15 is 0 Å². The summed E-state index contributed by atoms with van der Waals surface area (Å²) in [6.45, 7) is 4.90. The quantitative estimate of drug-likeness (QED) is 0.909. The summed E-state index contributed by atoms with van der Waals surface area (Å²) in [6.07, 6.45) is 7.02. The van der Waals surface area contributed by atoms with Crippen LogP contribution < -0.4 is 5.73 Å². The molecular weight excluding hydrogens is 284 g/mol. The normalized spacial score (nSPS) is 20.0. The van der Waals surface area contributed by atoms with Gasteiger partial charge in [0.25, 0.3) is 0 Å². The smallest absolute Gasteiger partial charge is 0.0847 e. The molecule has 2 rings (SSSR count). The molecule has 1 fully saturated rings. The van der Waals surface area contributed by atoms with E-state index in [9.17, 15) is 0 Å². The first-order valence-electron chi connectivity index (χ1n) is 8.07. The van der Waals surface area contributed by atoms with E-state index < -0.39 is 0 Å². The van der Waals surface area contributed by atoms with Crippen LogP contribution in [0.4, 0.5) is 0 Å². The lowest BCUT2D eigenvalue weighted by Crippen LogP contribution is -2.59. The van der Waals surface area contributed by atoms with Crippen LogP contribution in [-0.4, -0.2) is 40.4 Å². The van der Waals surface area contributed by atoms with Gasteiger partial charge in [-0.05, 0) is 40.8 Å². The van der Waals surface area contributed by atoms with E-state index in [0.29, 0.717) is 0 Å². The van der Waals surface area contributed by atoms with E-state index in [1.807, 2.05) is 11.6 Å². The van der Waals surface area contributed by atoms with Crippen molar-refractivity contribution >= 4 is 11.6 Å². The number of hydrogen-bond donors (Lipinski definition) is 1. The van der Waals surface area contributed by atoms with Crippen LogP contribution in [0.25, 0.3) is 0 Å². The predicted molar refractivity (Wildman–Crippen MR) is 88.8 cm³/mol. The molecule has 1 aliphatic carbocycles. The van der Waals surface area contributed by atoms with Crippen molar-refractivity contribution in [3.63, 3.8) is 0 Å². The molecule has 0 amide bonds. The first-order chi connectivity index (χ1) is 9.92. The van der Waals surface area contributed by atoms with Gasteiger partial charge in [-0.15, -0.1) is 0 Å². The number of hydrogen-bond acceptors (Lipinski definition) is 3. The molecule has 1 saturated carbocycles. The fourth-order valence-corrected chi connectivity index (χ4v) is 3.99. The van der Waals surface area contributed by atoms with Crippen molar-refractivity contribution in [2.24, 2.45) is 5.73 Å². The lowest BCUT2D eigenvalue weighted by molar-refractivity contribution is 0.0709. The molecule has 1 heterocycles. The van der Waals surface area contributed by atoms with Gasteiger partial charge in [0, 0.05) is 24.5 Å². The first-order valence-corrected chi connectivity index (χ1v) is 8.45. The average Bonchev–Trinajstić information content (AvgIpc) is 2.75. The van der Waals surface area contributed by atoms with Crippen LogP contribution in [0.15, 0.2) is 0 Å². The number of nitrogens with two attached hydrogens (primary N) is 1. The number of halogens is 1. The summed E-state index contributed by atoms with van der Waals surface area (Å²) in [5, 5.41) is 5.30. The molecule has 1 aromatic rings. The highest BCUT2D eigenvalue weighted by molar-refractivity contribution is 6.31. The molecule has 1 unspecified atom stereocenters. The molecule has 1 atom stereocenters. The predicted octanol–water partition coefficient (Wildman–Crippen LogP) is 3.00. The second-order valence-electron chi connectivity index (χ2n) is 6.53. The molecular formula is C16H29ClN4. The third-order valence-corrected chi connectivity index (χ3v) is 5.66. The van der Waals surface area contributed by atoms with Crippen LogP contribution >= 0.6 is 11.6 Å². The molecule has 21 heavy (non-hydrogen) atoms. The molecule has 0 aromatic carbocycles. The topological polar surface area (TPSA) is 47.1 Å². The molecule has 0 saturated heterocycles. The second kappa shape index (κ2) is 6.67. The Balaban J connectivity index is 2.25. The molecule has 4 nitrogen and oxygen atoms in total. The first kappa shape index (κ1) is 16.8. The van der Waals surface area contributed by atoms with E-state index in [-0.39, 0.29) is 11.6 Å². The van der Waals surface area contributed by atoms with E-state index in [1.54, 1.807) is 0 Å². The molecule has 0 spiro atoms. The lowest BCUT2D eigenvalue weighted by atomic mass is 9.74. The molecule has 5 heteroatoms. The molecule has 120 valence electrons. The molecule has 1 aliphatic rings. The van der Waals surface area contributed by atoms with Gasteiger partial charge >= 0.3 is 0 Å². The minimum absolute atomic E-state index is 0.0895. The number of likely N-dealkylation sites (N-methyl/N-ethyl adjacent to an activating group) is 1. The Morgan fingerprint density at radius 2 is 1.95 bits per heavy atom. The van der Waals surface area contributed by atoms with E-state index in [4.69, 9.17) is 17.3 Å². The summed E-state index contributed by atoms with van der Waals surface area (Å²) in [7, 11) is 4.32. The van der Waals surface area contributed by atoms with Gasteiger partial charge in [0.2, 0.25) is 0 Å². The van der Waals surface area contributed by atoms with Gasteiger partial charge in [-0.2, -0.15) is 5.10 Å². The van der Waals surface area contributed by atoms with Crippen LogP contribution in [0.3, 0.4) is 0 Å². The summed E-state index contributed by atoms with van der Waals surface area (Å²) in [6, 6.07) is 0.0895. The maximum absolute atomic E-state index is 6.68. The Kier molecular flexibility index (Phi) is 5.33. The Morgan fingerprint density at radius 3 is 2.48 bits per heavy atom. The highest BCUT2D eigenvalue weighted by Crippen LogP contribution is 2.36. The maximum Gasteiger partial charge on any atom is 0.0847 e. The van der Waals surface area contributed by atoms with Gasteiger partial charge in [0.05, 0.1) is 16.4 Å². The molecule has 1 aromatic heterocycles. The SMILES string of the molecule is CCn1nc(C)c(Cl)c1CC(N)C1(N(C)C)CCCCC1. The zero-order valence-corrected chi connectivity index (χ0v) is 14.6. The third-order valence-electron chi connectivity index (χ3n) is 5.17. The number of rotatable bonds is 5. The minimum atomic E-state index is 0.0895. The fraction of sp³-hybridized carbons (Fsp3) is 0.812. The van der Waals surface area contributed by atoms with E-state index in [2.05, 4.69) is 31.0 Å². The van der Waals surface area contributed by atoms with Crippen LogP contribution in [-0.2, 0) is 13.0 Å². The molecule has 0 radical (unpaired) electrons. The Bertz CT molecular complexity index is 475.